The monoisotopic (exact) mass is 412 g/mol. The van der Waals surface area contributed by atoms with Crippen LogP contribution in [0.2, 0.25) is 0 Å². The van der Waals surface area contributed by atoms with Gasteiger partial charge in [0.2, 0.25) is 0 Å². The molecule has 0 aliphatic rings. The number of H-pyrrole nitrogens is 1. The van der Waals surface area contributed by atoms with Gasteiger partial charge in [-0.3, -0.25) is 0 Å². The molecule has 0 spiro atoms. The first-order chi connectivity index (χ1) is 14.4. The number of fused-ring (bicyclic) bond motifs is 1. The second-order valence-corrected chi connectivity index (χ2v) is 6.83. The summed E-state index contributed by atoms with van der Waals surface area (Å²) in [7, 11) is 1.63. The Morgan fingerprint density at radius 2 is 1.77 bits per heavy atom. The number of aromatic amines is 1. The van der Waals surface area contributed by atoms with Crippen molar-refractivity contribution >= 4 is 16.9 Å². The number of ether oxygens (including phenoxy) is 1. The maximum atomic E-state index is 12.6. The van der Waals surface area contributed by atoms with E-state index in [1.54, 1.807) is 19.5 Å². The van der Waals surface area contributed by atoms with E-state index in [9.17, 15) is 13.2 Å². The highest BCUT2D eigenvalue weighted by Gasteiger charge is 2.29. The second kappa shape index (κ2) is 8.06. The minimum absolute atomic E-state index is 0.385. The third kappa shape index (κ3) is 4.22. The van der Waals surface area contributed by atoms with Crippen LogP contribution in [-0.2, 0) is 19.1 Å². The second-order valence-electron chi connectivity index (χ2n) is 6.83. The van der Waals surface area contributed by atoms with Gasteiger partial charge in [0.1, 0.15) is 17.2 Å². The number of aromatic nitrogens is 3. The van der Waals surface area contributed by atoms with Crippen molar-refractivity contribution in [1.82, 2.24) is 15.0 Å². The zero-order valence-electron chi connectivity index (χ0n) is 16.1. The summed E-state index contributed by atoms with van der Waals surface area (Å²) in [6.07, 6.45) is 1.72. The van der Waals surface area contributed by atoms with Crippen molar-refractivity contribution in [3.8, 4) is 5.75 Å². The summed E-state index contributed by atoms with van der Waals surface area (Å²) in [5.74, 6) is 1.41. The van der Waals surface area contributed by atoms with Crippen molar-refractivity contribution < 1.29 is 17.9 Å². The average Bonchev–Trinajstić information content (AvgIpc) is 3.16. The molecule has 3 heterocycles. The Morgan fingerprint density at radius 1 is 1.00 bits per heavy atom. The molecule has 1 aromatic carbocycles. The summed E-state index contributed by atoms with van der Waals surface area (Å²) in [6.45, 7) is 0.385. The summed E-state index contributed by atoms with van der Waals surface area (Å²) in [5.41, 5.74) is 2.93. The van der Waals surface area contributed by atoms with Crippen LogP contribution >= 0.6 is 0 Å². The zero-order chi connectivity index (χ0) is 21.1. The molecule has 0 aliphatic carbocycles. The average molecular weight is 412 g/mol. The lowest BCUT2D eigenvalue weighted by Crippen LogP contribution is -2.06. The van der Waals surface area contributed by atoms with Crippen molar-refractivity contribution in [2.24, 2.45) is 0 Å². The standard InChI is InChI=1S/C22H19F3N4O/c1-30-18-8-9-26-21-20(18)16(13-29-21)10-15-4-7-19(28-12-15)27-11-14-2-5-17(6-3-14)22(23,24)25/h2-9,12-13H,10-11H2,1H3,(H,26,29)(H,27,28). The normalized spacial score (nSPS) is 11.6. The van der Waals surface area contributed by atoms with Crippen LogP contribution < -0.4 is 10.1 Å². The Balaban J connectivity index is 1.41. The van der Waals surface area contributed by atoms with Crippen LogP contribution in [0.1, 0.15) is 22.3 Å². The van der Waals surface area contributed by atoms with E-state index in [-0.39, 0.29) is 0 Å². The van der Waals surface area contributed by atoms with E-state index >= 15 is 0 Å². The van der Waals surface area contributed by atoms with Crippen LogP contribution in [0.5, 0.6) is 5.75 Å². The van der Waals surface area contributed by atoms with Gasteiger partial charge in [0, 0.05) is 31.6 Å². The summed E-state index contributed by atoms with van der Waals surface area (Å²) < 4.78 is 43.3. The van der Waals surface area contributed by atoms with E-state index in [0.29, 0.717) is 18.8 Å². The van der Waals surface area contributed by atoms with Gasteiger partial charge >= 0.3 is 6.18 Å². The Morgan fingerprint density at radius 3 is 2.43 bits per heavy atom. The minimum Gasteiger partial charge on any atom is -0.496 e. The zero-order valence-corrected chi connectivity index (χ0v) is 16.1. The molecule has 4 rings (SSSR count). The molecule has 0 bridgehead atoms. The van der Waals surface area contributed by atoms with Crippen molar-refractivity contribution in [2.75, 3.05) is 12.4 Å². The van der Waals surface area contributed by atoms with Crippen molar-refractivity contribution in [3.63, 3.8) is 0 Å². The molecule has 8 heteroatoms. The molecule has 0 atom stereocenters. The number of methoxy groups -OCH3 is 1. The number of halogens is 3. The van der Waals surface area contributed by atoms with Gasteiger partial charge in [0.15, 0.2) is 0 Å². The number of benzene rings is 1. The number of hydrogen-bond acceptors (Lipinski definition) is 4. The molecule has 2 N–H and O–H groups in total. The van der Waals surface area contributed by atoms with Gasteiger partial charge in [0.05, 0.1) is 18.1 Å². The molecule has 30 heavy (non-hydrogen) atoms. The Bertz CT molecular complexity index is 1140. The van der Waals surface area contributed by atoms with Crippen LogP contribution in [0.4, 0.5) is 19.0 Å². The molecule has 0 aliphatic heterocycles. The Labute approximate surface area is 170 Å². The molecule has 0 amide bonds. The highest BCUT2D eigenvalue weighted by molar-refractivity contribution is 5.86. The topological polar surface area (TPSA) is 62.8 Å². The Hall–Kier alpha value is -3.55. The van der Waals surface area contributed by atoms with E-state index < -0.39 is 11.7 Å². The number of hydrogen-bond donors (Lipinski definition) is 2. The molecule has 154 valence electrons. The van der Waals surface area contributed by atoms with E-state index in [1.807, 2.05) is 24.4 Å². The quantitative estimate of drug-likeness (QED) is 0.458. The van der Waals surface area contributed by atoms with Crippen LogP contribution in [0.25, 0.3) is 11.0 Å². The van der Waals surface area contributed by atoms with E-state index in [1.165, 1.54) is 12.1 Å². The largest absolute Gasteiger partial charge is 0.496 e. The molecule has 0 saturated carbocycles. The molecule has 0 saturated heterocycles. The van der Waals surface area contributed by atoms with Crippen LogP contribution in [-0.4, -0.2) is 22.1 Å². The van der Waals surface area contributed by atoms with E-state index in [0.717, 1.165) is 45.6 Å². The third-order valence-electron chi connectivity index (χ3n) is 4.81. The van der Waals surface area contributed by atoms with Gasteiger partial charge in [-0.2, -0.15) is 13.2 Å². The summed E-state index contributed by atoms with van der Waals surface area (Å²) in [5, 5.41) is 4.07. The van der Waals surface area contributed by atoms with Gasteiger partial charge in [0.25, 0.3) is 0 Å². The van der Waals surface area contributed by atoms with Crippen molar-refractivity contribution in [1.29, 1.82) is 0 Å². The third-order valence-corrected chi connectivity index (χ3v) is 4.81. The first kappa shape index (κ1) is 19.8. The lowest BCUT2D eigenvalue weighted by atomic mass is 10.1. The first-order valence-electron chi connectivity index (χ1n) is 9.28. The lowest BCUT2D eigenvalue weighted by molar-refractivity contribution is -0.137. The highest BCUT2D eigenvalue weighted by Crippen LogP contribution is 2.30. The predicted molar refractivity (Wildman–Crippen MR) is 108 cm³/mol. The van der Waals surface area contributed by atoms with Gasteiger partial charge in [-0.15, -0.1) is 0 Å². The SMILES string of the molecule is COc1ccnc2[nH]cc(Cc3ccc(NCc4ccc(C(F)(F)F)cc4)nc3)c12. The molecular formula is C22H19F3N4O. The number of rotatable bonds is 6. The van der Waals surface area contributed by atoms with Crippen LogP contribution in [0.15, 0.2) is 61.1 Å². The molecule has 0 radical (unpaired) electrons. The summed E-state index contributed by atoms with van der Waals surface area (Å²) >= 11 is 0. The highest BCUT2D eigenvalue weighted by atomic mass is 19.4. The maximum Gasteiger partial charge on any atom is 0.416 e. The molecular weight excluding hydrogens is 393 g/mol. The van der Waals surface area contributed by atoms with Crippen molar-refractivity contribution in [3.05, 3.63) is 83.3 Å². The Kier molecular flexibility index (Phi) is 5.31. The summed E-state index contributed by atoms with van der Waals surface area (Å²) in [6, 6.07) is 10.7. The van der Waals surface area contributed by atoms with Gasteiger partial charge in [-0.05, 0) is 41.0 Å². The maximum absolute atomic E-state index is 12.6. The molecule has 3 aromatic heterocycles. The number of anilines is 1. The van der Waals surface area contributed by atoms with E-state index in [2.05, 4.69) is 20.3 Å². The first-order valence-corrected chi connectivity index (χ1v) is 9.28. The van der Waals surface area contributed by atoms with Gasteiger partial charge in [-0.1, -0.05) is 18.2 Å². The van der Waals surface area contributed by atoms with Gasteiger partial charge in [-0.25, -0.2) is 9.97 Å². The molecule has 5 nitrogen and oxygen atoms in total. The molecule has 0 unspecified atom stereocenters. The molecule has 0 fully saturated rings. The smallest absolute Gasteiger partial charge is 0.416 e. The van der Waals surface area contributed by atoms with Crippen LogP contribution in [0, 0.1) is 0 Å². The number of nitrogens with one attached hydrogen (secondary N) is 2. The summed E-state index contributed by atoms with van der Waals surface area (Å²) in [4.78, 5) is 11.9. The fraction of sp³-hybridized carbons (Fsp3) is 0.182. The minimum atomic E-state index is -4.33. The number of pyridine rings is 2. The van der Waals surface area contributed by atoms with E-state index in [4.69, 9.17) is 4.74 Å². The fourth-order valence-corrected chi connectivity index (χ4v) is 3.26. The lowest BCUT2D eigenvalue weighted by Gasteiger charge is -2.09. The predicted octanol–water partition coefficient (Wildman–Crippen LogP) is 5.19. The van der Waals surface area contributed by atoms with Crippen LogP contribution in [0.3, 0.4) is 0 Å². The van der Waals surface area contributed by atoms with Crippen molar-refractivity contribution in [2.45, 2.75) is 19.1 Å². The number of nitrogens with zero attached hydrogens (tertiary/aromatic N) is 2. The van der Waals surface area contributed by atoms with Gasteiger partial charge < -0.3 is 15.0 Å². The number of alkyl halides is 3. The fourth-order valence-electron chi connectivity index (χ4n) is 3.26. The molecule has 4 aromatic rings.